The second kappa shape index (κ2) is 9.80. The number of hydrogen-bond acceptors (Lipinski definition) is 7. The molecule has 1 unspecified atom stereocenters. The van der Waals surface area contributed by atoms with Crippen LogP contribution < -0.4 is 4.90 Å². The van der Waals surface area contributed by atoms with E-state index in [0.717, 1.165) is 41.8 Å². The highest BCUT2D eigenvalue weighted by atomic mass is 16.5. The van der Waals surface area contributed by atoms with Gasteiger partial charge in [0.05, 0.1) is 37.7 Å². The molecule has 0 saturated carbocycles. The maximum Gasteiger partial charge on any atom is 0.289 e. The number of rotatable bonds is 7. The second-order valence-electron chi connectivity index (χ2n) is 8.58. The summed E-state index contributed by atoms with van der Waals surface area (Å²) in [5.74, 6) is 0.841. The lowest BCUT2D eigenvalue weighted by Crippen LogP contribution is -2.39. The predicted molar refractivity (Wildman–Crippen MR) is 122 cm³/mol. The maximum absolute atomic E-state index is 13.4. The van der Waals surface area contributed by atoms with Crippen LogP contribution in [-0.2, 0) is 16.0 Å². The average Bonchev–Trinajstić information content (AvgIpc) is 3.61. The van der Waals surface area contributed by atoms with Crippen LogP contribution in [0.3, 0.4) is 0 Å². The van der Waals surface area contributed by atoms with Gasteiger partial charge < -0.3 is 28.2 Å². The minimum Gasteiger partial charge on any atom is -0.459 e. The first-order valence-electron chi connectivity index (χ1n) is 11.5. The van der Waals surface area contributed by atoms with Gasteiger partial charge in [-0.2, -0.15) is 0 Å². The van der Waals surface area contributed by atoms with Gasteiger partial charge in [-0.25, -0.2) is 0 Å². The van der Waals surface area contributed by atoms with Crippen LogP contribution in [0.2, 0.25) is 0 Å². The molecule has 2 aromatic heterocycles. The molecule has 2 aliphatic rings. The normalized spacial score (nSPS) is 18.6. The zero-order valence-corrected chi connectivity index (χ0v) is 18.9. The summed E-state index contributed by atoms with van der Waals surface area (Å²) in [6.45, 7) is 6.31. The van der Waals surface area contributed by atoms with Crippen LogP contribution in [0, 0.1) is 6.92 Å². The van der Waals surface area contributed by atoms with Gasteiger partial charge >= 0.3 is 0 Å². The lowest BCUT2D eigenvalue weighted by Gasteiger charge is -2.29. The smallest absolute Gasteiger partial charge is 0.289 e. The van der Waals surface area contributed by atoms with E-state index in [-0.39, 0.29) is 12.0 Å². The first-order valence-corrected chi connectivity index (χ1v) is 11.5. The molecule has 1 atom stereocenters. The molecule has 2 saturated heterocycles. The van der Waals surface area contributed by atoms with Crippen LogP contribution in [0.1, 0.15) is 34.5 Å². The van der Waals surface area contributed by atoms with E-state index in [0.29, 0.717) is 51.0 Å². The van der Waals surface area contributed by atoms with E-state index in [1.165, 1.54) is 6.26 Å². The van der Waals surface area contributed by atoms with Crippen molar-refractivity contribution in [2.75, 3.05) is 44.4 Å². The summed E-state index contributed by atoms with van der Waals surface area (Å²) in [6, 6.07) is 11.6. The lowest BCUT2D eigenvalue weighted by atomic mass is 10.0. The second-order valence-corrected chi connectivity index (χ2v) is 8.58. The number of amides is 1. The van der Waals surface area contributed by atoms with E-state index in [9.17, 15) is 4.79 Å². The van der Waals surface area contributed by atoms with Crippen molar-refractivity contribution in [2.24, 2.45) is 0 Å². The molecule has 8 heteroatoms. The molecule has 0 N–H and O–H groups in total. The molecule has 1 amide bonds. The topological polar surface area (TPSA) is 81.2 Å². The van der Waals surface area contributed by atoms with Crippen molar-refractivity contribution in [1.82, 2.24) is 10.1 Å². The van der Waals surface area contributed by atoms with Gasteiger partial charge in [0.15, 0.2) is 5.76 Å². The number of nitrogens with zero attached hydrogens (tertiary/aromatic N) is 3. The summed E-state index contributed by atoms with van der Waals surface area (Å²) in [4.78, 5) is 17.3. The SMILES string of the molecule is Cc1cccc(-c2noc(N3CCOCC3)c2CN(CC2CCCO2)C(=O)c2ccco2)c1. The Morgan fingerprint density at radius 2 is 2.06 bits per heavy atom. The standard InChI is InChI=1S/C25H29N3O5/c1-18-5-2-6-19(15-18)23-21(25(33-26-23)27-9-13-30-14-10-27)17-28(16-20-7-3-11-31-20)24(29)22-8-4-12-32-22/h2,4-6,8,12,15,20H,3,7,9-11,13-14,16-17H2,1H3. The number of morpholine rings is 1. The molecule has 0 radical (unpaired) electrons. The Morgan fingerprint density at radius 3 is 2.79 bits per heavy atom. The molecule has 0 bridgehead atoms. The van der Waals surface area contributed by atoms with E-state index < -0.39 is 0 Å². The summed E-state index contributed by atoms with van der Waals surface area (Å²) < 4.78 is 22.7. The van der Waals surface area contributed by atoms with E-state index in [2.05, 4.69) is 29.1 Å². The summed E-state index contributed by atoms with van der Waals surface area (Å²) in [5.41, 5.74) is 3.75. The van der Waals surface area contributed by atoms with Gasteiger partial charge in [-0.15, -0.1) is 0 Å². The van der Waals surface area contributed by atoms with Crippen molar-refractivity contribution in [1.29, 1.82) is 0 Å². The van der Waals surface area contributed by atoms with Crippen LogP contribution in [0.4, 0.5) is 5.88 Å². The fourth-order valence-electron chi connectivity index (χ4n) is 4.48. The number of furan rings is 1. The van der Waals surface area contributed by atoms with Crippen LogP contribution in [-0.4, -0.2) is 61.5 Å². The van der Waals surface area contributed by atoms with Gasteiger partial charge in [-0.1, -0.05) is 28.9 Å². The molecule has 3 aromatic rings. The summed E-state index contributed by atoms with van der Waals surface area (Å²) >= 11 is 0. The molecule has 174 valence electrons. The fraction of sp³-hybridized carbons (Fsp3) is 0.440. The average molecular weight is 452 g/mol. The van der Waals surface area contributed by atoms with Crippen molar-refractivity contribution >= 4 is 11.8 Å². The van der Waals surface area contributed by atoms with Gasteiger partial charge in [0.25, 0.3) is 5.91 Å². The van der Waals surface area contributed by atoms with E-state index >= 15 is 0 Å². The first kappa shape index (κ1) is 21.7. The largest absolute Gasteiger partial charge is 0.459 e. The Hall–Kier alpha value is -3.10. The number of ether oxygens (including phenoxy) is 2. The monoisotopic (exact) mass is 451 g/mol. The minimum atomic E-state index is -0.167. The van der Waals surface area contributed by atoms with E-state index in [1.807, 2.05) is 12.1 Å². The molecule has 2 aliphatic heterocycles. The minimum absolute atomic E-state index is 0.0121. The molecule has 5 rings (SSSR count). The van der Waals surface area contributed by atoms with Crippen molar-refractivity contribution in [3.05, 3.63) is 59.5 Å². The molecule has 8 nitrogen and oxygen atoms in total. The van der Waals surface area contributed by atoms with Gasteiger partial charge in [-0.3, -0.25) is 4.79 Å². The van der Waals surface area contributed by atoms with Crippen molar-refractivity contribution < 1.29 is 23.2 Å². The van der Waals surface area contributed by atoms with E-state index in [1.54, 1.807) is 17.0 Å². The highest BCUT2D eigenvalue weighted by molar-refractivity contribution is 5.91. The lowest BCUT2D eigenvalue weighted by molar-refractivity contribution is 0.0484. The molecule has 1 aromatic carbocycles. The van der Waals surface area contributed by atoms with Crippen molar-refractivity contribution in [3.63, 3.8) is 0 Å². The Balaban J connectivity index is 1.52. The Labute approximate surface area is 193 Å². The predicted octanol–water partition coefficient (Wildman–Crippen LogP) is 3.90. The third-order valence-corrected chi connectivity index (χ3v) is 6.17. The highest BCUT2D eigenvalue weighted by Gasteiger charge is 2.30. The third-order valence-electron chi connectivity index (χ3n) is 6.17. The number of hydrogen-bond donors (Lipinski definition) is 0. The molecular weight excluding hydrogens is 422 g/mol. The number of benzene rings is 1. The highest BCUT2D eigenvalue weighted by Crippen LogP contribution is 2.34. The molecular formula is C25H29N3O5. The third kappa shape index (κ3) is 4.82. The zero-order valence-electron chi connectivity index (χ0n) is 18.9. The zero-order chi connectivity index (χ0) is 22.6. The fourth-order valence-corrected chi connectivity index (χ4v) is 4.48. The number of carbonyl (C=O) groups excluding carboxylic acids is 1. The number of carbonyl (C=O) groups is 1. The van der Waals surface area contributed by atoms with Crippen LogP contribution in [0.5, 0.6) is 0 Å². The summed E-state index contributed by atoms with van der Waals surface area (Å²) in [7, 11) is 0. The van der Waals surface area contributed by atoms with E-state index in [4.69, 9.17) is 18.4 Å². The Kier molecular flexibility index (Phi) is 6.46. The number of aromatic nitrogens is 1. The first-order chi connectivity index (χ1) is 16.2. The van der Waals surface area contributed by atoms with Gasteiger partial charge in [-0.05, 0) is 38.0 Å². The van der Waals surface area contributed by atoms with Crippen LogP contribution >= 0.6 is 0 Å². The molecule has 33 heavy (non-hydrogen) atoms. The van der Waals surface area contributed by atoms with Crippen LogP contribution in [0.15, 0.2) is 51.6 Å². The van der Waals surface area contributed by atoms with Gasteiger partial charge in [0, 0.05) is 31.8 Å². The van der Waals surface area contributed by atoms with Gasteiger partial charge in [0.2, 0.25) is 5.88 Å². The van der Waals surface area contributed by atoms with Gasteiger partial charge in [0.1, 0.15) is 5.69 Å². The summed E-state index contributed by atoms with van der Waals surface area (Å²) in [6.07, 6.45) is 3.48. The molecule has 4 heterocycles. The van der Waals surface area contributed by atoms with Crippen molar-refractivity contribution in [2.45, 2.75) is 32.4 Å². The molecule has 0 spiro atoms. The number of anilines is 1. The van der Waals surface area contributed by atoms with Crippen molar-refractivity contribution in [3.8, 4) is 11.3 Å². The maximum atomic E-state index is 13.4. The van der Waals surface area contributed by atoms with Crippen LogP contribution in [0.25, 0.3) is 11.3 Å². The Bertz CT molecular complexity index is 1070. The quantitative estimate of drug-likeness (QED) is 0.539. The Morgan fingerprint density at radius 1 is 1.18 bits per heavy atom. The summed E-state index contributed by atoms with van der Waals surface area (Å²) in [5, 5.41) is 4.46. The number of aryl methyl sites for hydroxylation is 1. The molecule has 0 aliphatic carbocycles. The molecule has 2 fully saturated rings.